The Labute approximate surface area is 160 Å². The van der Waals surface area contributed by atoms with Gasteiger partial charge in [-0.15, -0.1) is 0 Å². The van der Waals surface area contributed by atoms with Crippen LogP contribution in [0.2, 0.25) is 0 Å². The molecule has 0 aliphatic carbocycles. The van der Waals surface area contributed by atoms with Crippen molar-refractivity contribution in [3.8, 4) is 5.88 Å². The Kier molecular flexibility index (Phi) is 4.92. The lowest BCUT2D eigenvalue weighted by molar-refractivity contribution is -0.119. The molecule has 0 spiro atoms. The van der Waals surface area contributed by atoms with Gasteiger partial charge in [-0.05, 0) is 13.0 Å². The predicted molar refractivity (Wildman–Crippen MR) is 99.5 cm³/mol. The highest BCUT2D eigenvalue weighted by atomic mass is 32.2. The predicted octanol–water partition coefficient (Wildman–Crippen LogP) is 1.47. The highest BCUT2D eigenvalue weighted by molar-refractivity contribution is 8.03. The molecule has 10 heteroatoms. The van der Waals surface area contributed by atoms with E-state index in [0.717, 1.165) is 12.1 Å². The summed E-state index contributed by atoms with van der Waals surface area (Å²) in [6.07, 6.45) is 2.33. The molecule has 2 aromatic rings. The van der Waals surface area contributed by atoms with E-state index in [9.17, 15) is 9.18 Å². The molecule has 0 radical (unpaired) electrons. The second kappa shape index (κ2) is 7.35. The first-order valence-electron chi connectivity index (χ1n) is 8.78. The number of ether oxygens (including phenoxy) is 1. The van der Waals surface area contributed by atoms with Gasteiger partial charge < -0.3 is 15.4 Å². The third-order valence-corrected chi connectivity index (χ3v) is 5.73. The lowest BCUT2D eigenvalue weighted by Gasteiger charge is -2.21. The van der Waals surface area contributed by atoms with Gasteiger partial charge in [-0.2, -0.15) is 14.0 Å². The normalized spacial score (nSPS) is 25.8. The molecule has 4 heterocycles. The molecule has 0 bridgehead atoms. The van der Waals surface area contributed by atoms with Crippen molar-refractivity contribution >= 4 is 23.3 Å². The molecule has 0 saturated carbocycles. The third-order valence-electron chi connectivity index (χ3n) is 4.66. The molecule has 0 aromatic carbocycles. The number of pyridine rings is 1. The van der Waals surface area contributed by atoms with Gasteiger partial charge in [0.25, 0.3) is 0 Å². The fourth-order valence-corrected chi connectivity index (χ4v) is 4.47. The van der Waals surface area contributed by atoms with E-state index < -0.39 is 5.50 Å². The van der Waals surface area contributed by atoms with Gasteiger partial charge in [-0.25, -0.2) is 4.98 Å². The molecule has 2 aromatic heterocycles. The lowest BCUT2D eigenvalue weighted by atomic mass is 10.2. The topological polar surface area (TPSA) is 83.8 Å². The van der Waals surface area contributed by atoms with Crippen molar-refractivity contribution in [1.29, 1.82) is 0 Å². The Bertz CT molecular complexity index is 887. The van der Waals surface area contributed by atoms with Crippen LogP contribution in [0.1, 0.15) is 20.3 Å². The summed E-state index contributed by atoms with van der Waals surface area (Å²) in [5.74, 6) is 0.0825. The monoisotopic (exact) mass is 392 g/mol. The van der Waals surface area contributed by atoms with Crippen molar-refractivity contribution in [2.45, 2.75) is 37.9 Å². The van der Waals surface area contributed by atoms with E-state index >= 15 is 0 Å². The summed E-state index contributed by atoms with van der Waals surface area (Å²) in [5, 5.41) is 9.51. The molecule has 1 amide bonds. The van der Waals surface area contributed by atoms with Crippen LogP contribution in [0, 0.1) is 0 Å². The zero-order chi connectivity index (χ0) is 19.0. The molecule has 8 nitrogen and oxygen atoms in total. The number of nitrogens with one attached hydrogen (secondary N) is 2. The molecule has 3 unspecified atom stereocenters. The quantitative estimate of drug-likeness (QED) is 0.746. The van der Waals surface area contributed by atoms with Gasteiger partial charge in [0.2, 0.25) is 11.8 Å². The number of nitrogens with zero attached hydrogens (tertiary/aromatic N) is 4. The van der Waals surface area contributed by atoms with E-state index in [2.05, 4.69) is 32.5 Å². The Morgan fingerprint density at radius 1 is 1.52 bits per heavy atom. The smallest absolute Gasteiger partial charge is 0.219 e. The standard InChI is InChI=1S/C17H21FN6O2S/c1-10-6-12(26-15-5-3-4-14-19-9-20-24(14)15)7-23(10)8-13-16(18)22-17(27-13)21-11(2)25/h3-5,9-10,12,17,22H,6-8H2,1-2H3,(H,21,25). The van der Waals surface area contributed by atoms with Crippen LogP contribution in [0.25, 0.3) is 5.65 Å². The fourth-order valence-electron chi connectivity index (χ4n) is 3.39. The van der Waals surface area contributed by atoms with Crippen molar-refractivity contribution < 1.29 is 13.9 Å². The van der Waals surface area contributed by atoms with Crippen molar-refractivity contribution in [2.24, 2.45) is 0 Å². The largest absolute Gasteiger partial charge is 0.473 e. The highest BCUT2D eigenvalue weighted by Gasteiger charge is 2.34. The van der Waals surface area contributed by atoms with E-state index in [1.165, 1.54) is 25.0 Å². The number of carbonyl (C=O) groups excluding carboxylic acids is 1. The van der Waals surface area contributed by atoms with Crippen LogP contribution >= 0.6 is 11.8 Å². The van der Waals surface area contributed by atoms with Gasteiger partial charge in [0.05, 0.1) is 4.91 Å². The second-order valence-corrected chi connectivity index (χ2v) is 7.93. The summed E-state index contributed by atoms with van der Waals surface area (Å²) in [6.45, 7) is 4.69. The summed E-state index contributed by atoms with van der Waals surface area (Å²) >= 11 is 1.30. The van der Waals surface area contributed by atoms with E-state index in [0.29, 0.717) is 23.9 Å². The zero-order valence-corrected chi connectivity index (χ0v) is 15.9. The number of rotatable bonds is 5. The third kappa shape index (κ3) is 3.86. The molecular weight excluding hydrogens is 371 g/mol. The van der Waals surface area contributed by atoms with Gasteiger partial charge in [0, 0.05) is 38.5 Å². The molecule has 2 N–H and O–H groups in total. The fraction of sp³-hybridized carbons (Fsp3) is 0.471. The second-order valence-electron chi connectivity index (χ2n) is 6.73. The summed E-state index contributed by atoms with van der Waals surface area (Å²) < 4.78 is 22.0. The van der Waals surface area contributed by atoms with E-state index in [1.807, 2.05) is 18.2 Å². The first kappa shape index (κ1) is 18.1. The average Bonchev–Trinajstić information content (AvgIpc) is 3.29. The lowest BCUT2D eigenvalue weighted by Crippen LogP contribution is -2.38. The van der Waals surface area contributed by atoms with Crippen molar-refractivity contribution in [3.05, 3.63) is 35.4 Å². The van der Waals surface area contributed by atoms with Crippen LogP contribution in [0.3, 0.4) is 0 Å². The van der Waals surface area contributed by atoms with Gasteiger partial charge in [-0.3, -0.25) is 9.69 Å². The Hall–Kier alpha value is -2.33. The maximum absolute atomic E-state index is 14.2. The summed E-state index contributed by atoms with van der Waals surface area (Å²) in [4.78, 5) is 18.1. The van der Waals surface area contributed by atoms with Crippen LogP contribution in [-0.2, 0) is 4.79 Å². The zero-order valence-electron chi connectivity index (χ0n) is 15.1. The number of halogens is 1. The van der Waals surface area contributed by atoms with E-state index in [4.69, 9.17) is 4.74 Å². The molecule has 2 aliphatic heterocycles. The average molecular weight is 392 g/mol. The SMILES string of the molecule is CC(=O)NC1NC(F)=C(CN2CC(Oc3cccc4ncnn34)CC2C)S1. The molecule has 3 atom stereocenters. The molecular formula is C17H21FN6O2S. The van der Waals surface area contributed by atoms with E-state index in [-0.39, 0.29) is 24.0 Å². The summed E-state index contributed by atoms with van der Waals surface area (Å²) in [7, 11) is 0. The molecule has 2 aliphatic rings. The number of likely N-dealkylation sites (tertiary alicyclic amines) is 1. The van der Waals surface area contributed by atoms with Crippen LogP contribution in [0.4, 0.5) is 4.39 Å². The van der Waals surface area contributed by atoms with Crippen LogP contribution < -0.4 is 15.4 Å². The van der Waals surface area contributed by atoms with Gasteiger partial charge in [-0.1, -0.05) is 17.8 Å². The number of amides is 1. The first-order valence-corrected chi connectivity index (χ1v) is 9.66. The van der Waals surface area contributed by atoms with E-state index in [1.54, 1.807) is 4.52 Å². The maximum Gasteiger partial charge on any atom is 0.219 e. The molecule has 1 saturated heterocycles. The molecule has 4 rings (SSSR count). The highest BCUT2D eigenvalue weighted by Crippen LogP contribution is 2.33. The summed E-state index contributed by atoms with van der Waals surface area (Å²) in [6, 6.07) is 5.88. The Balaban J connectivity index is 1.38. The minimum Gasteiger partial charge on any atom is -0.473 e. The number of fused-ring (bicyclic) bond motifs is 1. The molecule has 1 fully saturated rings. The number of hydrogen-bond donors (Lipinski definition) is 2. The van der Waals surface area contributed by atoms with Gasteiger partial charge in [0.1, 0.15) is 12.4 Å². The number of carbonyl (C=O) groups is 1. The van der Waals surface area contributed by atoms with Crippen molar-refractivity contribution in [2.75, 3.05) is 13.1 Å². The van der Waals surface area contributed by atoms with Crippen LogP contribution in [0.15, 0.2) is 35.4 Å². The van der Waals surface area contributed by atoms with Crippen molar-refractivity contribution in [3.63, 3.8) is 0 Å². The van der Waals surface area contributed by atoms with Crippen molar-refractivity contribution in [1.82, 2.24) is 30.1 Å². The molecule has 144 valence electrons. The number of aromatic nitrogens is 3. The number of hydrogen-bond acceptors (Lipinski definition) is 7. The summed E-state index contributed by atoms with van der Waals surface area (Å²) in [5.41, 5.74) is 0.285. The molecule has 27 heavy (non-hydrogen) atoms. The van der Waals surface area contributed by atoms with Gasteiger partial charge >= 0.3 is 0 Å². The number of thioether (sulfide) groups is 1. The van der Waals surface area contributed by atoms with Gasteiger partial charge in [0.15, 0.2) is 17.1 Å². The first-order chi connectivity index (χ1) is 13.0. The Morgan fingerprint density at radius 2 is 2.37 bits per heavy atom. The minimum atomic E-state index is -0.452. The van der Waals surface area contributed by atoms with Crippen LogP contribution in [0.5, 0.6) is 5.88 Å². The Morgan fingerprint density at radius 3 is 3.19 bits per heavy atom. The minimum absolute atomic E-state index is 0.0102. The van der Waals surface area contributed by atoms with Crippen LogP contribution in [-0.4, -0.2) is 56.1 Å². The maximum atomic E-state index is 14.2.